The van der Waals surface area contributed by atoms with Crippen LogP contribution in [0.15, 0.2) is 18.2 Å². The van der Waals surface area contributed by atoms with Crippen LogP contribution in [0, 0.1) is 0 Å². The van der Waals surface area contributed by atoms with Crippen LogP contribution < -0.4 is 5.32 Å². The maximum Gasteiger partial charge on any atom is 0.262 e. The summed E-state index contributed by atoms with van der Waals surface area (Å²) in [6.07, 6.45) is 2.35. The third-order valence-electron chi connectivity index (χ3n) is 5.65. The molecule has 3 aliphatic heterocycles. The maximum atomic E-state index is 12.9. The molecule has 1 N–H and O–H groups in total. The number of likely N-dealkylation sites (tertiary alicyclic amines) is 1. The SMILES string of the molecule is CN1CCC(c2ccc3c(c2)C(=O)N(C2CCC(=O)NC2=O)C3=O)CC1. The number of nitrogens with zero attached hydrogens (tertiary/aromatic N) is 2. The van der Waals surface area contributed by atoms with Crippen molar-refractivity contribution >= 4 is 23.6 Å². The Morgan fingerprint density at radius 3 is 2.35 bits per heavy atom. The lowest BCUT2D eigenvalue weighted by atomic mass is 9.88. The molecule has 1 aromatic rings. The zero-order valence-electron chi connectivity index (χ0n) is 14.7. The molecule has 2 saturated heterocycles. The summed E-state index contributed by atoms with van der Waals surface area (Å²) < 4.78 is 0. The molecule has 0 aromatic heterocycles. The average Bonchev–Trinajstić information content (AvgIpc) is 2.87. The van der Waals surface area contributed by atoms with Gasteiger partial charge < -0.3 is 4.90 Å². The van der Waals surface area contributed by atoms with E-state index in [1.54, 1.807) is 6.07 Å². The molecule has 136 valence electrons. The van der Waals surface area contributed by atoms with Crippen LogP contribution in [0.2, 0.25) is 0 Å². The van der Waals surface area contributed by atoms with Crippen molar-refractivity contribution < 1.29 is 19.2 Å². The minimum atomic E-state index is -0.910. The Morgan fingerprint density at radius 1 is 0.962 bits per heavy atom. The Labute approximate surface area is 151 Å². The standard InChI is InChI=1S/C19H21N3O4/c1-21-8-6-11(7-9-21)12-2-3-13-14(10-12)19(26)22(18(13)25)15-4-5-16(23)20-17(15)24/h2-3,10-11,15H,4-9H2,1H3,(H,20,23,24). The average molecular weight is 355 g/mol. The molecule has 3 heterocycles. The van der Waals surface area contributed by atoms with Crippen LogP contribution >= 0.6 is 0 Å². The largest absolute Gasteiger partial charge is 0.306 e. The Kier molecular flexibility index (Phi) is 4.11. The van der Waals surface area contributed by atoms with Gasteiger partial charge in [-0.2, -0.15) is 0 Å². The number of rotatable bonds is 2. The fraction of sp³-hybridized carbons (Fsp3) is 0.474. The van der Waals surface area contributed by atoms with Gasteiger partial charge in [0.05, 0.1) is 11.1 Å². The van der Waals surface area contributed by atoms with Crippen LogP contribution in [0.5, 0.6) is 0 Å². The third kappa shape index (κ3) is 2.72. The van der Waals surface area contributed by atoms with Crippen LogP contribution in [0.3, 0.4) is 0 Å². The second-order valence-electron chi connectivity index (χ2n) is 7.33. The smallest absolute Gasteiger partial charge is 0.262 e. The number of hydrogen-bond acceptors (Lipinski definition) is 5. The van der Waals surface area contributed by atoms with E-state index in [0.29, 0.717) is 17.0 Å². The molecule has 2 fully saturated rings. The molecular weight excluding hydrogens is 334 g/mol. The van der Waals surface area contributed by atoms with Crippen LogP contribution in [0.25, 0.3) is 0 Å². The molecule has 3 aliphatic rings. The quantitative estimate of drug-likeness (QED) is 0.797. The molecule has 1 atom stereocenters. The zero-order chi connectivity index (χ0) is 18.4. The van der Waals surface area contributed by atoms with Gasteiger partial charge in [0.2, 0.25) is 11.8 Å². The first-order chi connectivity index (χ1) is 12.5. The summed E-state index contributed by atoms with van der Waals surface area (Å²) in [5.41, 5.74) is 1.79. The van der Waals surface area contributed by atoms with Crippen molar-refractivity contribution in [3.05, 3.63) is 34.9 Å². The summed E-state index contributed by atoms with van der Waals surface area (Å²) >= 11 is 0. The van der Waals surface area contributed by atoms with Gasteiger partial charge >= 0.3 is 0 Å². The van der Waals surface area contributed by atoms with E-state index in [4.69, 9.17) is 0 Å². The Balaban J connectivity index is 1.60. The number of carbonyl (C=O) groups excluding carboxylic acids is 4. The number of fused-ring (bicyclic) bond motifs is 1. The van der Waals surface area contributed by atoms with E-state index in [9.17, 15) is 19.2 Å². The molecule has 4 amide bonds. The second kappa shape index (κ2) is 6.32. The maximum absolute atomic E-state index is 12.9. The summed E-state index contributed by atoms with van der Waals surface area (Å²) in [6, 6.07) is 4.53. The van der Waals surface area contributed by atoms with Gasteiger partial charge in [-0.3, -0.25) is 29.4 Å². The highest BCUT2D eigenvalue weighted by molar-refractivity contribution is 6.23. The lowest BCUT2D eigenvalue weighted by Crippen LogP contribution is -2.54. The van der Waals surface area contributed by atoms with Gasteiger partial charge in [-0.1, -0.05) is 6.07 Å². The molecule has 4 rings (SSSR count). The van der Waals surface area contributed by atoms with Gasteiger partial charge in [0, 0.05) is 6.42 Å². The van der Waals surface area contributed by atoms with Crippen LogP contribution in [0.1, 0.15) is 57.9 Å². The predicted octanol–water partition coefficient (Wildman–Crippen LogP) is 0.897. The third-order valence-corrected chi connectivity index (χ3v) is 5.65. The van der Waals surface area contributed by atoms with E-state index >= 15 is 0 Å². The number of piperidine rings is 2. The highest BCUT2D eigenvalue weighted by atomic mass is 16.2. The van der Waals surface area contributed by atoms with Crippen LogP contribution in [-0.2, 0) is 9.59 Å². The molecular formula is C19H21N3O4. The van der Waals surface area contributed by atoms with Gasteiger partial charge in [0.15, 0.2) is 0 Å². The number of imide groups is 2. The highest BCUT2D eigenvalue weighted by Crippen LogP contribution is 2.33. The van der Waals surface area contributed by atoms with Gasteiger partial charge in [0.25, 0.3) is 11.8 Å². The first kappa shape index (κ1) is 16.9. The van der Waals surface area contributed by atoms with Gasteiger partial charge in [-0.05, 0) is 63.0 Å². The van der Waals surface area contributed by atoms with Crippen molar-refractivity contribution in [3.63, 3.8) is 0 Å². The molecule has 0 saturated carbocycles. The normalized spacial score (nSPS) is 24.8. The summed E-state index contributed by atoms with van der Waals surface area (Å²) in [7, 11) is 2.10. The van der Waals surface area contributed by atoms with E-state index in [-0.39, 0.29) is 18.7 Å². The Bertz CT molecular complexity index is 811. The fourth-order valence-electron chi connectivity index (χ4n) is 4.08. The number of benzene rings is 1. The predicted molar refractivity (Wildman–Crippen MR) is 92.6 cm³/mol. The summed E-state index contributed by atoms with van der Waals surface area (Å²) in [5, 5.41) is 2.21. The van der Waals surface area contributed by atoms with E-state index in [2.05, 4.69) is 17.3 Å². The summed E-state index contributed by atoms with van der Waals surface area (Å²) in [5.74, 6) is -1.45. The number of amides is 4. The van der Waals surface area contributed by atoms with Gasteiger partial charge in [-0.15, -0.1) is 0 Å². The highest BCUT2D eigenvalue weighted by Gasteiger charge is 2.44. The molecule has 0 aliphatic carbocycles. The number of carbonyl (C=O) groups is 4. The molecule has 0 spiro atoms. The molecule has 1 unspecified atom stereocenters. The lowest BCUT2D eigenvalue weighted by molar-refractivity contribution is -0.136. The molecule has 7 heteroatoms. The molecule has 0 bridgehead atoms. The van der Waals surface area contributed by atoms with Crippen molar-refractivity contribution in [1.29, 1.82) is 0 Å². The van der Waals surface area contributed by atoms with Crippen molar-refractivity contribution in [2.24, 2.45) is 0 Å². The molecule has 26 heavy (non-hydrogen) atoms. The molecule has 0 radical (unpaired) electrons. The number of hydrogen-bond donors (Lipinski definition) is 1. The topological polar surface area (TPSA) is 86.8 Å². The molecule has 7 nitrogen and oxygen atoms in total. The minimum Gasteiger partial charge on any atom is -0.306 e. The van der Waals surface area contributed by atoms with E-state index in [0.717, 1.165) is 36.4 Å². The van der Waals surface area contributed by atoms with E-state index < -0.39 is 23.8 Å². The first-order valence-corrected chi connectivity index (χ1v) is 9.00. The van der Waals surface area contributed by atoms with Crippen molar-refractivity contribution in [2.45, 2.75) is 37.6 Å². The fourth-order valence-corrected chi connectivity index (χ4v) is 4.08. The van der Waals surface area contributed by atoms with Gasteiger partial charge in [0.1, 0.15) is 6.04 Å². The minimum absolute atomic E-state index is 0.130. The van der Waals surface area contributed by atoms with E-state index in [1.165, 1.54) is 0 Å². The van der Waals surface area contributed by atoms with Crippen LogP contribution in [-0.4, -0.2) is 59.6 Å². The first-order valence-electron chi connectivity index (χ1n) is 9.00. The van der Waals surface area contributed by atoms with Gasteiger partial charge in [-0.25, -0.2) is 0 Å². The Morgan fingerprint density at radius 2 is 1.65 bits per heavy atom. The zero-order valence-corrected chi connectivity index (χ0v) is 14.7. The lowest BCUT2D eigenvalue weighted by Gasteiger charge is -2.29. The monoisotopic (exact) mass is 355 g/mol. The second-order valence-corrected chi connectivity index (χ2v) is 7.33. The summed E-state index contributed by atoms with van der Waals surface area (Å²) in [4.78, 5) is 52.3. The number of nitrogens with one attached hydrogen (secondary N) is 1. The van der Waals surface area contributed by atoms with Crippen molar-refractivity contribution in [1.82, 2.24) is 15.1 Å². The van der Waals surface area contributed by atoms with Crippen molar-refractivity contribution in [3.8, 4) is 0 Å². The van der Waals surface area contributed by atoms with Crippen molar-refractivity contribution in [2.75, 3.05) is 20.1 Å². The van der Waals surface area contributed by atoms with Crippen LogP contribution in [0.4, 0.5) is 0 Å². The Hall–Kier alpha value is -2.54. The van der Waals surface area contributed by atoms with E-state index in [1.807, 2.05) is 12.1 Å². The summed E-state index contributed by atoms with van der Waals surface area (Å²) in [6.45, 7) is 2.02. The molecule has 1 aromatic carbocycles.